The molecule has 1 aromatic heterocycles. The minimum absolute atomic E-state index is 0. The number of fused-ring (bicyclic) bond motifs is 1. The Kier molecular flexibility index (Phi) is 5.89. The standard InChI is InChI=1S/C18H24N2.ClH/c1-19-12-13-20-17-11-7-3-6-10-16(17)14-18(20)15-8-4-2-5-9-15;/h2,4-5,8-9,14,19H,3,6-7,10-13H2,1H3;1H. The van der Waals surface area contributed by atoms with Crippen molar-refractivity contribution in [3.63, 3.8) is 0 Å². The van der Waals surface area contributed by atoms with Gasteiger partial charge < -0.3 is 9.88 Å². The van der Waals surface area contributed by atoms with Gasteiger partial charge in [0.25, 0.3) is 0 Å². The maximum absolute atomic E-state index is 3.29. The summed E-state index contributed by atoms with van der Waals surface area (Å²) >= 11 is 0. The average molecular weight is 305 g/mol. The smallest absolute Gasteiger partial charge is 0.0485 e. The zero-order chi connectivity index (χ0) is 13.8. The lowest BCUT2D eigenvalue weighted by Gasteiger charge is -2.13. The molecular weight excluding hydrogens is 280 g/mol. The van der Waals surface area contributed by atoms with Gasteiger partial charge in [-0.1, -0.05) is 36.8 Å². The summed E-state index contributed by atoms with van der Waals surface area (Å²) in [5, 5.41) is 3.29. The molecule has 0 spiro atoms. The van der Waals surface area contributed by atoms with Crippen molar-refractivity contribution in [1.82, 2.24) is 9.88 Å². The number of aryl methyl sites for hydroxylation is 1. The molecule has 1 aliphatic rings. The highest BCUT2D eigenvalue weighted by molar-refractivity contribution is 5.85. The Labute approximate surface area is 134 Å². The summed E-state index contributed by atoms with van der Waals surface area (Å²) in [5.41, 5.74) is 5.90. The van der Waals surface area contributed by atoms with Gasteiger partial charge in [0.15, 0.2) is 0 Å². The molecule has 0 unspecified atom stereocenters. The van der Waals surface area contributed by atoms with Crippen molar-refractivity contribution >= 4 is 12.4 Å². The van der Waals surface area contributed by atoms with Gasteiger partial charge in [0, 0.05) is 24.5 Å². The van der Waals surface area contributed by atoms with E-state index in [1.54, 1.807) is 11.3 Å². The van der Waals surface area contributed by atoms with Crippen LogP contribution in [0.1, 0.15) is 30.5 Å². The molecule has 0 aliphatic heterocycles. The van der Waals surface area contributed by atoms with E-state index >= 15 is 0 Å². The molecule has 0 radical (unpaired) electrons. The SMILES string of the molecule is CNCCn1c(-c2ccccc2)cc2c1CCCCC2.Cl. The number of aromatic nitrogens is 1. The van der Waals surface area contributed by atoms with Gasteiger partial charge in [-0.05, 0) is 49.9 Å². The van der Waals surface area contributed by atoms with Gasteiger partial charge in [0.1, 0.15) is 0 Å². The van der Waals surface area contributed by atoms with Crippen LogP contribution in [0.5, 0.6) is 0 Å². The quantitative estimate of drug-likeness (QED) is 0.843. The number of rotatable bonds is 4. The van der Waals surface area contributed by atoms with Crippen molar-refractivity contribution < 1.29 is 0 Å². The molecule has 114 valence electrons. The first-order chi connectivity index (χ1) is 9.90. The van der Waals surface area contributed by atoms with Crippen LogP contribution in [-0.4, -0.2) is 18.2 Å². The third-order valence-electron chi connectivity index (χ3n) is 4.31. The Morgan fingerprint density at radius 1 is 1.05 bits per heavy atom. The van der Waals surface area contributed by atoms with Crippen LogP contribution in [0.2, 0.25) is 0 Å². The highest BCUT2D eigenvalue weighted by Crippen LogP contribution is 2.30. The molecule has 0 atom stereocenters. The Bertz CT molecular complexity index is 560. The second-order valence-electron chi connectivity index (χ2n) is 5.68. The molecule has 3 rings (SSSR count). The molecule has 1 aromatic carbocycles. The highest BCUT2D eigenvalue weighted by Gasteiger charge is 2.17. The van der Waals surface area contributed by atoms with Crippen LogP contribution in [0.3, 0.4) is 0 Å². The van der Waals surface area contributed by atoms with Crippen LogP contribution in [0, 0.1) is 0 Å². The molecule has 1 N–H and O–H groups in total. The van der Waals surface area contributed by atoms with E-state index in [-0.39, 0.29) is 12.4 Å². The molecule has 0 saturated carbocycles. The minimum atomic E-state index is 0. The zero-order valence-corrected chi connectivity index (χ0v) is 13.6. The summed E-state index contributed by atoms with van der Waals surface area (Å²) < 4.78 is 2.55. The Morgan fingerprint density at radius 2 is 1.81 bits per heavy atom. The number of halogens is 1. The maximum atomic E-state index is 3.29. The average Bonchev–Trinajstić information content (AvgIpc) is 2.68. The fourth-order valence-corrected chi connectivity index (χ4v) is 3.27. The van der Waals surface area contributed by atoms with E-state index in [0.717, 1.165) is 13.1 Å². The van der Waals surface area contributed by atoms with Crippen LogP contribution < -0.4 is 5.32 Å². The van der Waals surface area contributed by atoms with Crippen molar-refractivity contribution in [2.45, 2.75) is 38.6 Å². The first kappa shape index (κ1) is 16.1. The van der Waals surface area contributed by atoms with Gasteiger partial charge in [0.2, 0.25) is 0 Å². The molecular formula is C18H25ClN2. The van der Waals surface area contributed by atoms with Crippen molar-refractivity contribution in [1.29, 1.82) is 0 Å². The predicted molar refractivity (Wildman–Crippen MR) is 92.3 cm³/mol. The molecule has 1 heterocycles. The van der Waals surface area contributed by atoms with Crippen molar-refractivity contribution in [2.75, 3.05) is 13.6 Å². The number of nitrogens with zero attached hydrogens (tertiary/aromatic N) is 1. The van der Waals surface area contributed by atoms with Gasteiger partial charge in [-0.25, -0.2) is 0 Å². The van der Waals surface area contributed by atoms with Gasteiger partial charge in [0.05, 0.1) is 0 Å². The van der Waals surface area contributed by atoms with Crippen LogP contribution in [0.4, 0.5) is 0 Å². The molecule has 3 heteroatoms. The van der Waals surface area contributed by atoms with E-state index in [9.17, 15) is 0 Å². The molecule has 0 amide bonds. The largest absolute Gasteiger partial charge is 0.343 e. The summed E-state index contributed by atoms with van der Waals surface area (Å²) in [6.45, 7) is 2.09. The molecule has 2 nitrogen and oxygen atoms in total. The molecule has 1 aliphatic carbocycles. The van der Waals surface area contributed by atoms with Crippen LogP contribution >= 0.6 is 12.4 Å². The molecule has 21 heavy (non-hydrogen) atoms. The highest BCUT2D eigenvalue weighted by atomic mass is 35.5. The zero-order valence-electron chi connectivity index (χ0n) is 12.8. The van der Waals surface area contributed by atoms with Crippen LogP contribution in [-0.2, 0) is 19.4 Å². The summed E-state index contributed by atoms with van der Waals surface area (Å²) in [6, 6.07) is 13.3. The fraction of sp³-hybridized carbons (Fsp3) is 0.444. The van der Waals surface area contributed by atoms with Crippen molar-refractivity contribution in [2.24, 2.45) is 0 Å². The van der Waals surface area contributed by atoms with E-state index < -0.39 is 0 Å². The van der Waals surface area contributed by atoms with Crippen LogP contribution in [0.15, 0.2) is 36.4 Å². The van der Waals surface area contributed by atoms with E-state index in [4.69, 9.17) is 0 Å². The van der Waals surface area contributed by atoms with E-state index in [1.165, 1.54) is 43.4 Å². The molecule has 0 saturated heterocycles. The van der Waals surface area contributed by atoms with Crippen LogP contribution in [0.25, 0.3) is 11.3 Å². The minimum Gasteiger partial charge on any atom is -0.343 e. The van der Waals surface area contributed by atoms with Gasteiger partial charge in [-0.15, -0.1) is 12.4 Å². The Morgan fingerprint density at radius 3 is 2.57 bits per heavy atom. The molecule has 0 bridgehead atoms. The normalized spacial score (nSPS) is 14.1. The lowest BCUT2D eigenvalue weighted by molar-refractivity contribution is 0.616. The Hall–Kier alpha value is -1.25. The predicted octanol–water partition coefficient (Wildman–Crippen LogP) is 4.07. The number of nitrogens with one attached hydrogen (secondary N) is 1. The number of benzene rings is 1. The monoisotopic (exact) mass is 304 g/mol. The number of hydrogen-bond donors (Lipinski definition) is 1. The van der Waals surface area contributed by atoms with Crippen molar-refractivity contribution in [3.8, 4) is 11.3 Å². The first-order valence-corrected chi connectivity index (χ1v) is 7.81. The van der Waals surface area contributed by atoms with Gasteiger partial charge in [-0.2, -0.15) is 0 Å². The summed E-state index contributed by atoms with van der Waals surface area (Å²) in [7, 11) is 2.03. The van der Waals surface area contributed by atoms with E-state index in [0.29, 0.717) is 0 Å². The van der Waals surface area contributed by atoms with Gasteiger partial charge >= 0.3 is 0 Å². The topological polar surface area (TPSA) is 17.0 Å². The second-order valence-corrected chi connectivity index (χ2v) is 5.68. The number of hydrogen-bond acceptors (Lipinski definition) is 1. The molecule has 0 fully saturated rings. The second kappa shape index (κ2) is 7.67. The fourth-order valence-electron chi connectivity index (χ4n) is 3.27. The third kappa shape index (κ3) is 3.50. The number of likely N-dealkylation sites (N-methyl/N-ethyl adjacent to an activating group) is 1. The lowest BCUT2D eigenvalue weighted by Crippen LogP contribution is -2.17. The maximum Gasteiger partial charge on any atom is 0.0485 e. The summed E-state index contributed by atoms with van der Waals surface area (Å²) in [6.07, 6.45) is 6.55. The van der Waals surface area contributed by atoms with Crippen molar-refractivity contribution in [3.05, 3.63) is 47.7 Å². The van der Waals surface area contributed by atoms with E-state index in [1.807, 2.05) is 7.05 Å². The summed E-state index contributed by atoms with van der Waals surface area (Å²) in [4.78, 5) is 0. The Balaban J connectivity index is 0.00000161. The summed E-state index contributed by atoms with van der Waals surface area (Å²) in [5.74, 6) is 0. The molecule has 2 aromatic rings. The first-order valence-electron chi connectivity index (χ1n) is 7.81. The van der Waals surface area contributed by atoms with E-state index in [2.05, 4.69) is 46.3 Å². The lowest BCUT2D eigenvalue weighted by atomic mass is 10.1. The third-order valence-corrected chi connectivity index (χ3v) is 4.31. The van der Waals surface area contributed by atoms with Gasteiger partial charge in [-0.3, -0.25) is 0 Å².